The van der Waals surface area contributed by atoms with Gasteiger partial charge in [0.25, 0.3) is 0 Å². The number of hydrogen-bond donors (Lipinski definition) is 1. The second-order valence-corrected chi connectivity index (χ2v) is 7.36. The van der Waals surface area contributed by atoms with Gasteiger partial charge in [-0.15, -0.1) is 0 Å². The number of halogens is 2. The lowest BCUT2D eigenvalue weighted by molar-refractivity contribution is -0.115. The summed E-state index contributed by atoms with van der Waals surface area (Å²) >= 11 is 9.69. The lowest BCUT2D eigenvalue weighted by Gasteiger charge is -2.04. The van der Waals surface area contributed by atoms with E-state index in [-0.39, 0.29) is 5.91 Å². The summed E-state index contributed by atoms with van der Waals surface area (Å²) in [5.41, 5.74) is 3.62. The number of carbonyl (C=O) groups excluding carboxylic acids is 1. The van der Waals surface area contributed by atoms with Crippen LogP contribution in [0.25, 0.3) is 22.6 Å². The highest BCUT2D eigenvalue weighted by Crippen LogP contribution is 2.32. The van der Waals surface area contributed by atoms with Gasteiger partial charge in [0.05, 0.1) is 17.0 Å². The number of benzene rings is 3. The lowest BCUT2D eigenvalue weighted by Crippen LogP contribution is -2.14. The Morgan fingerprint density at radius 3 is 2.70 bits per heavy atom. The van der Waals surface area contributed by atoms with Crippen molar-refractivity contribution in [1.29, 1.82) is 0 Å². The quantitative estimate of drug-likeness (QED) is 0.417. The van der Waals surface area contributed by atoms with E-state index in [1.165, 1.54) is 0 Å². The van der Waals surface area contributed by atoms with Crippen LogP contribution < -0.4 is 5.32 Å². The molecule has 6 heteroatoms. The maximum Gasteiger partial charge on any atom is 0.228 e. The summed E-state index contributed by atoms with van der Waals surface area (Å²) in [5.74, 6) is 0.350. The van der Waals surface area contributed by atoms with Gasteiger partial charge >= 0.3 is 0 Å². The molecule has 0 spiro atoms. The Hall–Kier alpha value is -2.63. The van der Waals surface area contributed by atoms with Crippen LogP contribution in [-0.4, -0.2) is 10.9 Å². The number of fused-ring (bicyclic) bond motifs is 1. The first kappa shape index (κ1) is 17.8. The van der Waals surface area contributed by atoms with Gasteiger partial charge in [-0.3, -0.25) is 4.79 Å². The highest BCUT2D eigenvalue weighted by atomic mass is 79.9. The molecule has 0 unspecified atom stereocenters. The zero-order valence-electron chi connectivity index (χ0n) is 14.1. The van der Waals surface area contributed by atoms with E-state index in [9.17, 15) is 4.79 Å². The zero-order chi connectivity index (χ0) is 18.8. The molecule has 0 bridgehead atoms. The third-order valence-corrected chi connectivity index (χ3v) is 4.86. The van der Waals surface area contributed by atoms with Crippen LogP contribution in [0, 0.1) is 0 Å². The molecule has 4 nitrogen and oxygen atoms in total. The second kappa shape index (κ2) is 7.55. The standard InChI is InChI=1S/C21H14BrClN2O2/c22-14-6-8-17(23)16(11-14)21-25-18-12-15(7-9-19(18)27-21)24-20(26)10-13-4-2-1-3-5-13/h1-9,11-12H,10H2,(H,24,26). The Morgan fingerprint density at radius 2 is 1.89 bits per heavy atom. The average molecular weight is 442 g/mol. The maximum absolute atomic E-state index is 12.2. The molecule has 0 aliphatic heterocycles. The molecule has 4 rings (SSSR count). The van der Waals surface area contributed by atoms with Crippen LogP contribution in [0.4, 0.5) is 5.69 Å². The van der Waals surface area contributed by atoms with E-state index >= 15 is 0 Å². The van der Waals surface area contributed by atoms with Crippen LogP contribution in [0.2, 0.25) is 5.02 Å². The fraction of sp³-hybridized carbons (Fsp3) is 0.0476. The fourth-order valence-electron chi connectivity index (χ4n) is 2.77. The predicted octanol–water partition coefficient (Wildman–Crippen LogP) is 6.09. The summed E-state index contributed by atoms with van der Waals surface area (Å²) in [6.07, 6.45) is 0.316. The number of amides is 1. The first-order valence-corrected chi connectivity index (χ1v) is 9.45. The van der Waals surface area contributed by atoms with Crippen molar-refractivity contribution >= 4 is 50.2 Å². The minimum Gasteiger partial charge on any atom is -0.436 e. The van der Waals surface area contributed by atoms with E-state index in [1.54, 1.807) is 24.3 Å². The normalized spacial score (nSPS) is 10.9. The average Bonchev–Trinajstić information content (AvgIpc) is 3.07. The van der Waals surface area contributed by atoms with E-state index in [0.29, 0.717) is 39.7 Å². The van der Waals surface area contributed by atoms with Gasteiger partial charge in [0, 0.05) is 10.2 Å². The van der Waals surface area contributed by atoms with Crippen molar-refractivity contribution in [3.8, 4) is 11.5 Å². The number of hydrogen-bond acceptors (Lipinski definition) is 3. The van der Waals surface area contributed by atoms with Crippen LogP contribution in [0.3, 0.4) is 0 Å². The van der Waals surface area contributed by atoms with Crippen molar-refractivity contribution < 1.29 is 9.21 Å². The van der Waals surface area contributed by atoms with Crippen LogP contribution >= 0.6 is 27.5 Å². The maximum atomic E-state index is 12.2. The number of nitrogens with zero attached hydrogens (tertiary/aromatic N) is 1. The summed E-state index contributed by atoms with van der Waals surface area (Å²) in [7, 11) is 0. The van der Waals surface area contributed by atoms with Gasteiger partial charge in [-0.1, -0.05) is 57.9 Å². The molecule has 0 saturated carbocycles. The summed E-state index contributed by atoms with van der Waals surface area (Å²) in [6.45, 7) is 0. The van der Waals surface area contributed by atoms with E-state index in [2.05, 4.69) is 26.2 Å². The Kier molecular flexibility index (Phi) is 4.97. The van der Waals surface area contributed by atoms with Crippen molar-refractivity contribution in [1.82, 2.24) is 4.98 Å². The van der Waals surface area contributed by atoms with Crippen molar-refractivity contribution in [2.24, 2.45) is 0 Å². The van der Waals surface area contributed by atoms with Crippen molar-refractivity contribution in [2.75, 3.05) is 5.32 Å². The van der Waals surface area contributed by atoms with E-state index < -0.39 is 0 Å². The number of oxazole rings is 1. The number of carbonyl (C=O) groups is 1. The number of nitrogens with one attached hydrogen (secondary N) is 1. The molecule has 0 aliphatic rings. The highest BCUT2D eigenvalue weighted by molar-refractivity contribution is 9.10. The largest absolute Gasteiger partial charge is 0.436 e. The molecular weight excluding hydrogens is 428 g/mol. The van der Waals surface area contributed by atoms with Gasteiger partial charge in [0.15, 0.2) is 5.58 Å². The summed E-state index contributed by atoms with van der Waals surface area (Å²) in [5, 5.41) is 3.45. The Labute approximate surface area is 169 Å². The predicted molar refractivity (Wildman–Crippen MR) is 111 cm³/mol. The molecule has 1 N–H and O–H groups in total. The van der Waals surface area contributed by atoms with Crippen LogP contribution in [0.1, 0.15) is 5.56 Å². The Bertz CT molecular complexity index is 1130. The molecule has 3 aromatic carbocycles. The zero-order valence-corrected chi connectivity index (χ0v) is 16.4. The Morgan fingerprint density at radius 1 is 1.07 bits per heavy atom. The monoisotopic (exact) mass is 440 g/mol. The van der Waals surface area contributed by atoms with Gasteiger partial charge in [0.1, 0.15) is 5.52 Å². The smallest absolute Gasteiger partial charge is 0.228 e. The lowest BCUT2D eigenvalue weighted by atomic mass is 10.1. The van der Waals surface area contributed by atoms with E-state index in [4.69, 9.17) is 16.0 Å². The van der Waals surface area contributed by atoms with Crippen LogP contribution in [0.15, 0.2) is 75.6 Å². The van der Waals surface area contributed by atoms with E-state index in [0.717, 1.165) is 10.0 Å². The summed E-state index contributed by atoms with van der Waals surface area (Å²) in [4.78, 5) is 16.8. The molecule has 1 heterocycles. The van der Waals surface area contributed by atoms with Crippen LogP contribution in [-0.2, 0) is 11.2 Å². The first-order valence-electron chi connectivity index (χ1n) is 8.28. The third kappa shape index (κ3) is 4.04. The minimum atomic E-state index is -0.0840. The second-order valence-electron chi connectivity index (χ2n) is 6.04. The minimum absolute atomic E-state index is 0.0840. The molecule has 134 valence electrons. The summed E-state index contributed by atoms with van der Waals surface area (Å²) in [6, 6.07) is 20.5. The molecule has 27 heavy (non-hydrogen) atoms. The van der Waals surface area contributed by atoms with Gasteiger partial charge in [-0.2, -0.15) is 0 Å². The molecule has 1 amide bonds. The fourth-order valence-corrected chi connectivity index (χ4v) is 3.33. The molecule has 1 aromatic heterocycles. The number of anilines is 1. The molecular formula is C21H14BrClN2O2. The number of rotatable bonds is 4. The molecule has 0 atom stereocenters. The van der Waals surface area contributed by atoms with Gasteiger partial charge in [0.2, 0.25) is 11.8 Å². The Balaban J connectivity index is 1.57. The van der Waals surface area contributed by atoms with E-state index in [1.807, 2.05) is 42.5 Å². The van der Waals surface area contributed by atoms with Crippen molar-refractivity contribution in [3.63, 3.8) is 0 Å². The molecule has 0 fully saturated rings. The SMILES string of the molecule is O=C(Cc1ccccc1)Nc1ccc2oc(-c3cc(Br)ccc3Cl)nc2c1. The van der Waals surface area contributed by atoms with Crippen molar-refractivity contribution in [3.05, 3.63) is 81.8 Å². The highest BCUT2D eigenvalue weighted by Gasteiger charge is 2.13. The first-order chi connectivity index (χ1) is 13.1. The number of aromatic nitrogens is 1. The molecule has 0 saturated heterocycles. The van der Waals surface area contributed by atoms with Gasteiger partial charge in [-0.05, 0) is 42.0 Å². The van der Waals surface area contributed by atoms with Gasteiger partial charge in [-0.25, -0.2) is 4.98 Å². The summed E-state index contributed by atoms with van der Waals surface area (Å²) < 4.78 is 6.70. The molecule has 0 radical (unpaired) electrons. The topological polar surface area (TPSA) is 55.1 Å². The molecule has 0 aliphatic carbocycles. The van der Waals surface area contributed by atoms with Gasteiger partial charge < -0.3 is 9.73 Å². The third-order valence-electron chi connectivity index (χ3n) is 4.04. The van der Waals surface area contributed by atoms with Crippen molar-refractivity contribution in [2.45, 2.75) is 6.42 Å². The molecule has 4 aromatic rings. The van der Waals surface area contributed by atoms with Crippen LogP contribution in [0.5, 0.6) is 0 Å².